The summed E-state index contributed by atoms with van der Waals surface area (Å²) >= 11 is 0. The number of amides is 2. The molecule has 32 heavy (non-hydrogen) atoms. The van der Waals surface area contributed by atoms with Crippen molar-refractivity contribution < 1.29 is 9.59 Å². The monoisotopic (exact) mass is 426 g/mol. The van der Waals surface area contributed by atoms with Gasteiger partial charge in [-0.25, -0.2) is 4.98 Å². The molecule has 7 heteroatoms. The van der Waals surface area contributed by atoms with Crippen molar-refractivity contribution in [2.45, 2.75) is 20.4 Å². The van der Waals surface area contributed by atoms with Crippen LogP contribution in [-0.2, 0) is 11.3 Å². The highest BCUT2D eigenvalue weighted by atomic mass is 16.2. The number of nitrogens with zero attached hydrogens (tertiary/aromatic N) is 2. The molecule has 0 spiro atoms. The lowest BCUT2D eigenvalue weighted by atomic mass is 10.1. The fraction of sp³-hybridized carbons (Fsp3) is 0.120. The Morgan fingerprint density at radius 1 is 0.906 bits per heavy atom. The second kappa shape index (κ2) is 8.85. The normalized spacial score (nSPS) is 10.7. The second-order valence-electron chi connectivity index (χ2n) is 7.51. The largest absolute Gasteiger partial charge is 0.324 e. The third kappa shape index (κ3) is 4.41. The van der Waals surface area contributed by atoms with Crippen LogP contribution in [0.5, 0.6) is 0 Å². The van der Waals surface area contributed by atoms with E-state index >= 15 is 0 Å². The molecule has 4 rings (SSSR count). The molecule has 2 aromatic heterocycles. The molecule has 0 aliphatic rings. The van der Waals surface area contributed by atoms with Crippen molar-refractivity contribution in [2.24, 2.45) is 0 Å². The molecule has 0 radical (unpaired) electrons. The van der Waals surface area contributed by atoms with Gasteiger partial charge >= 0.3 is 0 Å². The molecule has 0 aliphatic heterocycles. The number of hydrogen-bond acceptors (Lipinski definition) is 4. The van der Waals surface area contributed by atoms with Gasteiger partial charge in [-0.2, -0.15) is 0 Å². The maximum atomic E-state index is 13.0. The Labute approximate surface area is 184 Å². The Kier molecular flexibility index (Phi) is 5.81. The van der Waals surface area contributed by atoms with Crippen molar-refractivity contribution in [3.05, 3.63) is 100.0 Å². The summed E-state index contributed by atoms with van der Waals surface area (Å²) in [5, 5.41) is 5.88. The minimum absolute atomic E-state index is 0.0595. The predicted molar refractivity (Wildman–Crippen MR) is 125 cm³/mol. The molecule has 2 aromatic carbocycles. The molecule has 0 unspecified atom stereocenters. The fourth-order valence-corrected chi connectivity index (χ4v) is 3.42. The van der Waals surface area contributed by atoms with E-state index in [1.807, 2.05) is 37.3 Å². The summed E-state index contributed by atoms with van der Waals surface area (Å²) in [6, 6.07) is 19.7. The van der Waals surface area contributed by atoms with E-state index in [1.54, 1.807) is 43.3 Å². The topological polar surface area (TPSA) is 93.1 Å². The first-order valence-electron chi connectivity index (χ1n) is 10.1. The molecule has 0 aliphatic carbocycles. The predicted octanol–water partition coefficient (Wildman–Crippen LogP) is 3.90. The number of benzene rings is 2. The molecule has 2 heterocycles. The lowest BCUT2D eigenvalue weighted by Gasteiger charge is -2.14. The zero-order valence-electron chi connectivity index (χ0n) is 17.8. The molecule has 7 nitrogen and oxygen atoms in total. The molecule has 0 saturated heterocycles. The smallest absolute Gasteiger partial charge is 0.261 e. The first-order valence-corrected chi connectivity index (χ1v) is 10.1. The SMILES string of the molecule is Cc1ccc2c(=O)c(C(=O)Nc3ccccc3)cn(CC(=O)Nc3ccccc3C)c2n1. The molecule has 0 fully saturated rings. The van der Waals surface area contributed by atoms with Crippen molar-refractivity contribution >= 4 is 34.2 Å². The Morgan fingerprint density at radius 2 is 1.62 bits per heavy atom. The zero-order chi connectivity index (χ0) is 22.7. The van der Waals surface area contributed by atoms with Gasteiger partial charge in [-0.05, 0) is 49.7 Å². The molecule has 0 saturated carbocycles. The lowest BCUT2D eigenvalue weighted by molar-refractivity contribution is -0.116. The minimum atomic E-state index is -0.545. The van der Waals surface area contributed by atoms with Crippen molar-refractivity contribution in [2.75, 3.05) is 10.6 Å². The van der Waals surface area contributed by atoms with E-state index in [4.69, 9.17) is 0 Å². The number of aryl methyl sites for hydroxylation is 2. The van der Waals surface area contributed by atoms with E-state index in [0.29, 0.717) is 22.7 Å². The average Bonchev–Trinajstić information content (AvgIpc) is 2.78. The van der Waals surface area contributed by atoms with E-state index < -0.39 is 11.3 Å². The number of nitrogens with one attached hydrogen (secondary N) is 2. The summed E-state index contributed by atoms with van der Waals surface area (Å²) in [7, 11) is 0. The van der Waals surface area contributed by atoms with Gasteiger partial charge in [-0.15, -0.1) is 0 Å². The number of rotatable bonds is 5. The highest BCUT2D eigenvalue weighted by molar-refractivity contribution is 6.05. The minimum Gasteiger partial charge on any atom is -0.324 e. The highest BCUT2D eigenvalue weighted by Crippen LogP contribution is 2.15. The van der Waals surface area contributed by atoms with Crippen molar-refractivity contribution in [3.8, 4) is 0 Å². The van der Waals surface area contributed by atoms with Crippen molar-refractivity contribution in [3.63, 3.8) is 0 Å². The lowest BCUT2D eigenvalue weighted by Crippen LogP contribution is -2.27. The third-order valence-corrected chi connectivity index (χ3v) is 5.07. The number of pyridine rings is 2. The van der Waals surface area contributed by atoms with Gasteiger partial charge in [-0.1, -0.05) is 36.4 Å². The number of aromatic nitrogens is 2. The summed E-state index contributed by atoms with van der Waals surface area (Å²) in [6.07, 6.45) is 1.40. The number of fused-ring (bicyclic) bond motifs is 1. The van der Waals surface area contributed by atoms with Gasteiger partial charge in [0, 0.05) is 23.3 Å². The number of para-hydroxylation sites is 2. The van der Waals surface area contributed by atoms with Gasteiger partial charge in [0.15, 0.2) is 0 Å². The zero-order valence-corrected chi connectivity index (χ0v) is 17.8. The van der Waals surface area contributed by atoms with Crippen LogP contribution in [0.1, 0.15) is 21.6 Å². The van der Waals surface area contributed by atoms with Gasteiger partial charge < -0.3 is 15.2 Å². The molecule has 2 amide bonds. The second-order valence-corrected chi connectivity index (χ2v) is 7.51. The first kappa shape index (κ1) is 21.0. The standard InChI is InChI=1S/C25H22N4O3/c1-16-8-6-7-11-21(16)28-22(30)15-29-14-20(25(32)27-18-9-4-3-5-10-18)23(31)19-13-12-17(2)26-24(19)29/h3-14H,15H2,1-2H3,(H,27,32)(H,28,30). The van der Waals surface area contributed by atoms with Crippen LogP contribution in [0, 0.1) is 13.8 Å². The summed E-state index contributed by atoms with van der Waals surface area (Å²) in [5.41, 5.74) is 2.77. The average molecular weight is 426 g/mol. The molecular formula is C25H22N4O3. The number of carbonyl (C=O) groups excluding carboxylic acids is 2. The van der Waals surface area contributed by atoms with Gasteiger partial charge in [0.05, 0.1) is 5.39 Å². The Hall–Kier alpha value is -4.26. The summed E-state index contributed by atoms with van der Waals surface area (Å²) in [4.78, 5) is 43.1. The van der Waals surface area contributed by atoms with Crippen LogP contribution >= 0.6 is 0 Å². The van der Waals surface area contributed by atoms with Gasteiger partial charge in [0.2, 0.25) is 11.3 Å². The molecule has 2 N–H and O–H groups in total. The first-order chi connectivity index (χ1) is 15.4. The van der Waals surface area contributed by atoms with Crippen LogP contribution in [-0.4, -0.2) is 21.4 Å². The Bertz CT molecular complexity index is 1380. The summed E-state index contributed by atoms with van der Waals surface area (Å²) in [5.74, 6) is -0.835. The van der Waals surface area contributed by atoms with Crippen LogP contribution in [0.25, 0.3) is 11.0 Å². The summed E-state index contributed by atoms with van der Waals surface area (Å²) in [6.45, 7) is 3.60. The molecule has 0 atom stereocenters. The molecule has 0 bridgehead atoms. The van der Waals surface area contributed by atoms with Crippen LogP contribution in [0.3, 0.4) is 0 Å². The van der Waals surface area contributed by atoms with Crippen molar-refractivity contribution in [1.29, 1.82) is 0 Å². The van der Waals surface area contributed by atoms with E-state index in [1.165, 1.54) is 10.8 Å². The van der Waals surface area contributed by atoms with E-state index in [-0.39, 0.29) is 23.4 Å². The van der Waals surface area contributed by atoms with Crippen LogP contribution < -0.4 is 16.1 Å². The highest BCUT2D eigenvalue weighted by Gasteiger charge is 2.18. The van der Waals surface area contributed by atoms with Crippen LogP contribution in [0.15, 0.2) is 77.7 Å². The van der Waals surface area contributed by atoms with E-state index in [0.717, 1.165) is 5.56 Å². The van der Waals surface area contributed by atoms with Crippen LogP contribution in [0.2, 0.25) is 0 Å². The quantitative estimate of drug-likeness (QED) is 0.506. The number of anilines is 2. The maximum Gasteiger partial charge on any atom is 0.261 e. The summed E-state index contributed by atoms with van der Waals surface area (Å²) < 4.78 is 1.54. The van der Waals surface area contributed by atoms with Gasteiger partial charge in [0.1, 0.15) is 17.8 Å². The van der Waals surface area contributed by atoms with Gasteiger partial charge in [0.25, 0.3) is 5.91 Å². The van der Waals surface area contributed by atoms with Crippen molar-refractivity contribution in [1.82, 2.24) is 9.55 Å². The number of carbonyl (C=O) groups is 2. The van der Waals surface area contributed by atoms with Crippen LogP contribution in [0.4, 0.5) is 11.4 Å². The maximum absolute atomic E-state index is 13.0. The molecule has 160 valence electrons. The molecule has 4 aromatic rings. The van der Waals surface area contributed by atoms with E-state index in [9.17, 15) is 14.4 Å². The third-order valence-electron chi connectivity index (χ3n) is 5.07. The van der Waals surface area contributed by atoms with Gasteiger partial charge in [-0.3, -0.25) is 14.4 Å². The van der Waals surface area contributed by atoms with E-state index in [2.05, 4.69) is 15.6 Å². The fourth-order valence-electron chi connectivity index (χ4n) is 3.42. The Balaban J connectivity index is 1.72. The Morgan fingerprint density at radius 3 is 2.38 bits per heavy atom. The molecular weight excluding hydrogens is 404 g/mol. The number of hydrogen-bond donors (Lipinski definition) is 2.